The Morgan fingerprint density at radius 1 is 1.37 bits per heavy atom. The maximum absolute atomic E-state index is 9.32. The molecule has 1 saturated heterocycles. The zero-order valence-corrected chi connectivity index (χ0v) is 10.9. The zero-order chi connectivity index (χ0) is 13.2. The summed E-state index contributed by atoms with van der Waals surface area (Å²) in [4.78, 5) is 10.8. The van der Waals surface area contributed by atoms with Crippen LogP contribution in [0.3, 0.4) is 0 Å². The third-order valence-corrected chi connectivity index (χ3v) is 3.51. The Morgan fingerprint density at radius 3 is 2.79 bits per heavy atom. The number of furan rings is 1. The highest BCUT2D eigenvalue weighted by Gasteiger charge is 2.25. The lowest BCUT2D eigenvalue weighted by Crippen LogP contribution is -2.33. The monoisotopic (exact) mass is 259 g/mol. The van der Waals surface area contributed by atoms with E-state index in [-0.39, 0.29) is 12.6 Å². The molecule has 5 nitrogen and oxygen atoms in total. The van der Waals surface area contributed by atoms with Gasteiger partial charge in [0.25, 0.3) is 0 Å². The topological polar surface area (TPSA) is 62.4 Å². The van der Waals surface area contributed by atoms with Gasteiger partial charge in [0.1, 0.15) is 11.5 Å². The molecule has 1 N–H and O–H groups in total. The molecule has 2 aromatic rings. The van der Waals surface area contributed by atoms with Gasteiger partial charge in [-0.2, -0.15) is 0 Å². The molecule has 0 spiro atoms. The highest BCUT2D eigenvalue weighted by molar-refractivity contribution is 5.56. The van der Waals surface area contributed by atoms with Crippen molar-refractivity contribution in [1.82, 2.24) is 9.97 Å². The number of aromatic nitrogens is 2. The van der Waals surface area contributed by atoms with Gasteiger partial charge in [-0.15, -0.1) is 0 Å². The quantitative estimate of drug-likeness (QED) is 0.913. The fraction of sp³-hybridized carbons (Fsp3) is 0.429. The summed E-state index contributed by atoms with van der Waals surface area (Å²) >= 11 is 0. The smallest absolute Gasteiger partial charge is 0.225 e. The van der Waals surface area contributed by atoms with E-state index in [2.05, 4.69) is 14.9 Å². The standard InChI is InChI=1S/C14H17N3O2/c1-10-4-5-13(19-10)11-7-15-14(16-8-11)17-6-2-3-12(17)9-18/h4-5,7-8,12,18H,2-3,6,9H2,1H3. The predicted molar refractivity (Wildman–Crippen MR) is 71.9 cm³/mol. The van der Waals surface area contributed by atoms with Crippen LogP contribution in [0.2, 0.25) is 0 Å². The molecule has 100 valence electrons. The van der Waals surface area contributed by atoms with E-state index in [1.165, 1.54) is 0 Å². The first kappa shape index (κ1) is 12.2. The van der Waals surface area contributed by atoms with Gasteiger partial charge in [0.15, 0.2) is 0 Å². The van der Waals surface area contributed by atoms with Crippen LogP contribution < -0.4 is 4.90 Å². The van der Waals surface area contributed by atoms with Gasteiger partial charge in [0, 0.05) is 18.9 Å². The maximum atomic E-state index is 9.32. The van der Waals surface area contributed by atoms with Gasteiger partial charge in [0.05, 0.1) is 18.2 Å². The van der Waals surface area contributed by atoms with E-state index in [1.54, 1.807) is 12.4 Å². The number of aryl methyl sites for hydroxylation is 1. The fourth-order valence-corrected chi connectivity index (χ4v) is 2.48. The second-order valence-corrected chi connectivity index (χ2v) is 4.85. The number of hydrogen-bond acceptors (Lipinski definition) is 5. The molecule has 0 saturated carbocycles. The molecule has 0 radical (unpaired) electrons. The van der Waals surface area contributed by atoms with Crippen molar-refractivity contribution in [1.29, 1.82) is 0 Å². The molecule has 19 heavy (non-hydrogen) atoms. The normalized spacial score (nSPS) is 19.1. The summed E-state index contributed by atoms with van der Waals surface area (Å²) < 4.78 is 5.54. The van der Waals surface area contributed by atoms with Crippen LogP contribution in [-0.4, -0.2) is 34.3 Å². The van der Waals surface area contributed by atoms with Gasteiger partial charge in [-0.25, -0.2) is 9.97 Å². The van der Waals surface area contributed by atoms with E-state index < -0.39 is 0 Å². The minimum Gasteiger partial charge on any atom is -0.461 e. The largest absolute Gasteiger partial charge is 0.461 e. The van der Waals surface area contributed by atoms with E-state index in [9.17, 15) is 5.11 Å². The molecule has 5 heteroatoms. The molecule has 1 fully saturated rings. The van der Waals surface area contributed by atoms with E-state index in [1.807, 2.05) is 19.1 Å². The summed E-state index contributed by atoms with van der Waals surface area (Å²) in [6.45, 7) is 2.97. The van der Waals surface area contributed by atoms with Crippen molar-refractivity contribution in [3.8, 4) is 11.3 Å². The van der Waals surface area contributed by atoms with Crippen molar-refractivity contribution in [2.75, 3.05) is 18.1 Å². The predicted octanol–water partition coefficient (Wildman–Crippen LogP) is 2.01. The number of nitrogens with zero attached hydrogens (tertiary/aromatic N) is 3. The number of aliphatic hydroxyl groups excluding tert-OH is 1. The van der Waals surface area contributed by atoms with Crippen molar-refractivity contribution >= 4 is 5.95 Å². The molecule has 0 aliphatic carbocycles. The third-order valence-electron chi connectivity index (χ3n) is 3.51. The zero-order valence-electron chi connectivity index (χ0n) is 10.9. The summed E-state index contributed by atoms with van der Waals surface area (Å²) in [6, 6.07) is 3.99. The lowest BCUT2D eigenvalue weighted by molar-refractivity contribution is 0.265. The van der Waals surface area contributed by atoms with Crippen LogP contribution in [0.5, 0.6) is 0 Å². The molecule has 0 bridgehead atoms. The first-order valence-electron chi connectivity index (χ1n) is 6.54. The van der Waals surface area contributed by atoms with Gasteiger partial charge in [-0.1, -0.05) is 0 Å². The molecule has 2 aromatic heterocycles. The summed E-state index contributed by atoms with van der Waals surface area (Å²) in [5.74, 6) is 2.34. The lowest BCUT2D eigenvalue weighted by atomic mass is 10.2. The Morgan fingerprint density at radius 2 is 2.16 bits per heavy atom. The Bertz CT molecular complexity index is 550. The molecular formula is C14H17N3O2. The van der Waals surface area contributed by atoms with Gasteiger partial charge >= 0.3 is 0 Å². The Balaban J connectivity index is 1.82. The van der Waals surface area contributed by atoms with Crippen molar-refractivity contribution < 1.29 is 9.52 Å². The molecule has 1 atom stereocenters. The fourth-order valence-electron chi connectivity index (χ4n) is 2.48. The Hall–Kier alpha value is -1.88. The first-order chi connectivity index (χ1) is 9.28. The van der Waals surface area contributed by atoms with Crippen LogP contribution in [0, 0.1) is 6.92 Å². The summed E-state index contributed by atoms with van der Waals surface area (Å²) in [5.41, 5.74) is 0.872. The second-order valence-electron chi connectivity index (χ2n) is 4.85. The number of rotatable bonds is 3. The molecular weight excluding hydrogens is 242 g/mol. The first-order valence-corrected chi connectivity index (χ1v) is 6.54. The van der Waals surface area contributed by atoms with Crippen LogP contribution in [0.4, 0.5) is 5.95 Å². The number of anilines is 1. The van der Waals surface area contributed by atoms with Crippen LogP contribution in [0.15, 0.2) is 28.9 Å². The molecule has 3 rings (SSSR count). The summed E-state index contributed by atoms with van der Waals surface area (Å²) in [5, 5.41) is 9.32. The van der Waals surface area contributed by atoms with Crippen molar-refractivity contribution in [2.24, 2.45) is 0 Å². The molecule has 0 amide bonds. The molecule has 1 aliphatic heterocycles. The van der Waals surface area contributed by atoms with Crippen molar-refractivity contribution in [3.63, 3.8) is 0 Å². The highest BCUT2D eigenvalue weighted by Crippen LogP contribution is 2.24. The Labute approximate surface area is 111 Å². The lowest BCUT2D eigenvalue weighted by Gasteiger charge is -2.22. The van der Waals surface area contributed by atoms with Crippen molar-refractivity contribution in [2.45, 2.75) is 25.8 Å². The van der Waals surface area contributed by atoms with E-state index in [0.717, 1.165) is 36.5 Å². The van der Waals surface area contributed by atoms with Gasteiger partial charge < -0.3 is 14.4 Å². The number of aliphatic hydroxyl groups is 1. The third kappa shape index (κ3) is 2.33. The van der Waals surface area contributed by atoms with E-state index in [0.29, 0.717) is 5.95 Å². The van der Waals surface area contributed by atoms with Gasteiger partial charge in [-0.3, -0.25) is 0 Å². The molecule has 1 unspecified atom stereocenters. The minimum absolute atomic E-state index is 0.150. The highest BCUT2D eigenvalue weighted by atomic mass is 16.3. The number of hydrogen-bond donors (Lipinski definition) is 1. The minimum atomic E-state index is 0.150. The Kier molecular flexibility index (Phi) is 3.21. The van der Waals surface area contributed by atoms with Crippen LogP contribution in [0.25, 0.3) is 11.3 Å². The van der Waals surface area contributed by atoms with Crippen LogP contribution >= 0.6 is 0 Å². The van der Waals surface area contributed by atoms with Gasteiger partial charge in [-0.05, 0) is 31.9 Å². The van der Waals surface area contributed by atoms with Gasteiger partial charge in [0.2, 0.25) is 5.95 Å². The van der Waals surface area contributed by atoms with E-state index in [4.69, 9.17) is 4.42 Å². The average molecular weight is 259 g/mol. The maximum Gasteiger partial charge on any atom is 0.225 e. The summed E-state index contributed by atoms with van der Waals surface area (Å²) in [6.07, 6.45) is 5.62. The molecule has 3 heterocycles. The SMILES string of the molecule is Cc1ccc(-c2cnc(N3CCCC3CO)nc2)o1. The summed E-state index contributed by atoms with van der Waals surface area (Å²) in [7, 11) is 0. The van der Waals surface area contributed by atoms with Crippen molar-refractivity contribution in [3.05, 3.63) is 30.3 Å². The van der Waals surface area contributed by atoms with E-state index >= 15 is 0 Å². The molecule has 0 aromatic carbocycles. The van der Waals surface area contributed by atoms with Crippen LogP contribution in [0.1, 0.15) is 18.6 Å². The molecule has 1 aliphatic rings. The van der Waals surface area contributed by atoms with Crippen LogP contribution in [-0.2, 0) is 0 Å². The average Bonchev–Trinajstić information content (AvgIpc) is 3.07. The second kappa shape index (κ2) is 5.01.